The third-order valence-corrected chi connectivity index (χ3v) is 15.4. The van der Waals surface area contributed by atoms with Gasteiger partial charge in [-0.3, -0.25) is 9.59 Å². The number of rotatable bonds is 10. The Kier molecular flexibility index (Phi) is 19.3. The van der Waals surface area contributed by atoms with Crippen molar-refractivity contribution in [2.24, 2.45) is 0 Å². The van der Waals surface area contributed by atoms with Gasteiger partial charge in [-0.05, 0) is 97.5 Å². The van der Waals surface area contributed by atoms with Gasteiger partial charge >= 0.3 is 18.5 Å². The van der Waals surface area contributed by atoms with E-state index in [1.807, 2.05) is 93.8 Å². The molecule has 18 nitrogen and oxygen atoms in total. The number of hydrogen-bond acceptors (Lipinski definition) is 14. The maximum absolute atomic E-state index is 15.8. The minimum atomic E-state index is -1.73. The topological polar surface area (TPSA) is 224 Å². The van der Waals surface area contributed by atoms with Gasteiger partial charge in [-0.15, -0.1) is 0 Å². The number of aromatic hydroxyl groups is 2. The Hall–Kier alpha value is -8.21. The van der Waals surface area contributed by atoms with Crippen molar-refractivity contribution < 1.29 is 38.6 Å². The highest BCUT2D eigenvalue weighted by molar-refractivity contribution is 6.63. The fourth-order valence-corrected chi connectivity index (χ4v) is 11.0. The predicted molar refractivity (Wildman–Crippen MR) is 326 cm³/mol. The van der Waals surface area contributed by atoms with Crippen molar-refractivity contribution in [3.63, 3.8) is 0 Å². The zero-order valence-corrected chi connectivity index (χ0v) is 49.0. The number of fused-ring (bicyclic) bond motifs is 2. The van der Waals surface area contributed by atoms with E-state index in [0.717, 1.165) is 11.1 Å². The monoisotopic (exact) mass is 1200 g/mol. The number of halogens is 5. The number of benzene rings is 4. The number of carbonyl (C=O) groups is 2. The lowest BCUT2D eigenvalue weighted by Crippen LogP contribution is -2.54. The molecule has 6 heterocycles. The number of aromatic nitrogens is 6. The summed E-state index contributed by atoms with van der Waals surface area (Å²) in [6, 6.07) is 25.9. The summed E-state index contributed by atoms with van der Waals surface area (Å²) < 4.78 is 33.2. The molecule has 0 aliphatic carbocycles. The summed E-state index contributed by atoms with van der Waals surface area (Å²) in [6.45, 7) is 21.5. The SMILES string of the molecule is C=CC(=O)N1CCN(c2nc(=O)n(-c3ccccc3C(C)C)c3nc(-c4c(O)cccc4Cl)c(F)cc23)[C@@H](C)C1.C=CC(=O)N1CCN(c2nc(=O)n(-c3ccccc3C(C)C)c3nc(Cl)c(F)cc23)[C@@H](C)C1.OB(O)c1c(O)cccc1Cl. The van der Waals surface area contributed by atoms with Gasteiger partial charge < -0.3 is 39.9 Å². The van der Waals surface area contributed by atoms with E-state index in [4.69, 9.17) is 50.0 Å². The smallest absolute Gasteiger partial charge is 0.493 e. The van der Waals surface area contributed by atoms with E-state index in [1.165, 1.54) is 63.8 Å². The highest BCUT2D eigenvalue weighted by Gasteiger charge is 2.33. The number of piperazine rings is 2. The minimum Gasteiger partial charge on any atom is -0.508 e. The number of para-hydroxylation sites is 2. The zero-order chi connectivity index (χ0) is 61.0. The Morgan fingerprint density at radius 2 is 1.06 bits per heavy atom. The third kappa shape index (κ3) is 12.7. The minimum absolute atomic E-state index is 0.0305. The molecule has 84 heavy (non-hydrogen) atoms. The molecule has 24 heteroatoms. The molecule has 2 aliphatic rings. The van der Waals surface area contributed by atoms with Crippen LogP contribution in [0.3, 0.4) is 0 Å². The van der Waals surface area contributed by atoms with Crippen LogP contribution in [-0.2, 0) is 9.59 Å². The van der Waals surface area contributed by atoms with Crippen LogP contribution in [-0.4, -0.2) is 129 Å². The Balaban J connectivity index is 0.000000188. The maximum atomic E-state index is 15.8. The lowest BCUT2D eigenvalue weighted by Gasteiger charge is -2.40. The number of anilines is 2. The number of hydrogen-bond donors (Lipinski definition) is 4. The van der Waals surface area contributed by atoms with Crippen LogP contribution in [0.15, 0.2) is 132 Å². The molecule has 436 valence electrons. The molecule has 0 saturated carbocycles. The molecule has 8 aromatic rings. The van der Waals surface area contributed by atoms with Crippen molar-refractivity contribution >= 4 is 92.9 Å². The lowest BCUT2D eigenvalue weighted by molar-refractivity contribution is -0.127. The van der Waals surface area contributed by atoms with Crippen LogP contribution in [0.2, 0.25) is 15.2 Å². The van der Waals surface area contributed by atoms with Crippen LogP contribution >= 0.6 is 34.8 Å². The number of phenolic OH excluding ortho intramolecular Hbond substituents is 2. The summed E-state index contributed by atoms with van der Waals surface area (Å²) in [5.74, 6) is -1.39. The number of carbonyl (C=O) groups excluding carboxylic acids is 2. The van der Waals surface area contributed by atoms with Gasteiger partial charge in [-0.2, -0.15) is 9.97 Å². The molecule has 0 spiro atoms. The molecule has 4 aromatic carbocycles. The van der Waals surface area contributed by atoms with Gasteiger partial charge in [-0.1, -0.05) is 124 Å². The highest BCUT2D eigenvalue weighted by Crippen LogP contribution is 2.39. The fraction of sp³-hybridized carbons (Fsp3) is 0.267. The van der Waals surface area contributed by atoms with Crippen LogP contribution in [0.5, 0.6) is 11.5 Å². The van der Waals surface area contributed by atoms with Crippen molar-refractivity contribution in [3.05, 3.63) is 181 Å². The Morgan fingerprint density at radius 1 is 0.619 bits per heavy atom. The van der Waals surface area contributed by atoms with E-state index >= 15 is 4.39 Å². The molecule has 0 unspecified atom stereocenters. The van der Waals surface area contributed by atoms with Gasteiger partial charge in [0.2, 0.25) is 11.8 Å². The Labute approximate surface area is 497 Å². The van der Waals surface area contributed by atoms with Gasteiger partial charge in [0.25, 0.3) is 0 Å². The van der Waals surface area contributed by atoms with Gasteiger partial charge in [0.05, 0.1) is 32.7 Å². The van der Waals surface area contributed by atoms with Gasteiger partial charge in [-0.25, -0.2) is 37.5 Å². The summed E-state index contributed by atoms with van der Waals surface area (Å²) in [6.07, 6.45) is 2.55. The second-order valence-corrected chi connectivity index (χ2v) is 21.8. The fourth-order valence-electron chi connectivity index (χ4n) is 10.3. The summed E-state index contributed by atoms with van der Waals surface area (Å²) in [5, 5.41) is 37.7. The van der Waals surface area contributed by atoms with Gasteiger partial charge in [0.15, 0.2) is 28.1 Å². The van der Waals surface area contributed by atoms with Crippen LogP contribution in [0.25, 0.3) is 44.7 Å². The predicted octanol–water partition coefficient (Wildman–Crippen LogP) is 8.94. The van der Waals surface area contributed by atoms with E-state index < -0.39 is 30.1 Å². The highest BCUT2D eigenvalue weighted by atomic mass is 35.5. The summed E-state index contributed by atoms with van der Waals surface area (Å²) in [4.78, 5) is 76.3. The molecule has 2 aliphatic heterocycles. The number of phenols is 2. The summed E-state index contributed by atoms with van der Waals surface area (Å²) in [7, 11) is -1.73. The van der Waals surface area contributed by atoms with Crippen molar-refractivity contribution in [3.8, 4) is 34.1 Å². The second kappa shape index (κ2) is 26.2. The van der Waals surface area contributed by atoms with Crippen molar-refractivity contribution in [1.29, 1.82) is 0 Å². The first-order valence-corrected chi connectivity index (χ1v) is 27.9. The molecule has 2 saturated heterocycles. The molecule has 2 fully saturated rings. The van der Waals surface area contributed by atoms with Gasteiger partial charge in [0, 0.05) is 61.8 Å². The molecule has 4 N–H and O–H groups in total. The number of amides is 2. The Bertz CT molecular complexity index is 3940. The molecule has 0 radical (unpaired) electrons. The summed E-state index contributed by atoms with van der Waals surface area (Å²) in [5.41, 5.74) is 2.12. The first-order valence-electron chi connectivity index (χ1n) is 26.8. The first-order chi connectivity index (χ1) is 40.0. The van der Waals surface area contributed by atoms with Crippen LogP contribution in [0.4, 0.5) is 20.4 Å². The van der Waals surface area contributed by atoms with Crippen molar-refractivity contribution in [2.45, 2.75) is 65.5 Å². The van der Waals surface area contributed by atoms with Crippen LogP contribution < -0.4 is 26.6 Å². The maximum Gasteiger partial charge on any atom is 0.493 e. The molecular weight excluding hydrogens is 1140 g/mol. The molecule has 2 amide bonds. The average Bonchev–Trinajstić information content (AvgIpc) is 1.47. The molecule has 10 rings (SSSR count). The number of pyridine rings is 2. The van der Waals surface area contributed by atoms with E-state index in [9.17, 15) is 28.7 Å². The second-order valence-electron chi connectivity index (χ2n) is 20.6. The van der Waals surface area contributed by atoms with E-state index in [0.29, 0.717) is 67.2 Å². The standard InChI is InChI=1S/C30H29ClFN5O3.C24H25ClFN5O2.C6H6BClO3/c1-5-25(39)35-13-14-36(18(4)16-35)28-20-15-22(32)27(26-21(31)10-8-12-24(26)38)33-29(20)37(30(40)34-28)23-11-7-6-9-19(23)17(2)3;1-5-20(32)29-10-11-30(15(4)13-29)22-17-12-18(26)21(25)27-23(17)31(24(33)28-22)19-9-7-6-8-16(19)14(2)3;8-4-2-1-3-5(9)6(4)7(10)11/h5-12,15,17-18,38H,1,13-14,16H2,2-4H3;5-9,12,14-15H,1,10-11,13H2,2-4H3;1-3,9-11H/t18-;15-;/m00./s1. The quantitative estimate of drug-likeness (QED) is 0.0570. The number of nitrogens with zero attached hydrogens (tertiary/aromatic N) is 10. The zero-order valence-electron chi connectivity index (χ0n) is 46.7. The molecule has 2 atom stereocenters. The van der Waals surface area contributed by atoms with Gasteiger partial charge in [0.1, 0.15) is 28.8 Å². The van der Waals surface area contributed by atoms with Crippen LogP contribution in [0, 0.1) is 11.6 Å². The summed E-state index contributed by atoms with van der Waals surface area (Å²) >= 11 is 18.0. The van der Waals surface area contributed by atoms with E-state index in [-0.39, 0.29) is 96.3 Å². The normalized spacial score (nSPS) is 15.2. The molecule has 4 aromatic heterocycles. The van der Waals surface area contributed by atoms with E-state index in [1.54, 1.807) is 21.9 Å². The molecular formula is C60H60BCl3F2N10O8. The third-order valence-electron chi connectivity index (χ3n) is 14.4. The van der Waals surface area contributed by atoms with Crippen LogP contribution in [0.1, 0.15) is 64.5 Å². The average molecular weight is 1200 g/mol. The molecule has 0 bridgehead atoms. The first kappa shape index (κ1) is 61.9. The lowest BCUT2D eigenvalue weighted by atomic mass is 9.79. The van der Waals surface area contributed by atoms with Crippen molar-refractivity contribution in [1.82, 2.24) is 38.9 Å². The van der Waals surface area contributed by atoms with E-state index in [2.05, 4.69) is 33.1 Å². The van der Waals surface area contributed by atoms with Crippen molar-refractivity contribution in [2.75, 3.05) is 49.1 Å². The largest absolute Gasteiger partial charge is 0.508 e. The Morgan fingerprint density at radius 3 is 1.48 bits per heavy atom.